The summed E-state index contributed by atoms with van der Waals surface area (Å²) in [6.45, 7) is 0. The normalized spacial score (nSPS) is 12.0. The van der Waals surface area contributed by atoms with Crippen molar-refractivity contribution in [1.82, 2.24) is 0 Å². The predicted molar refractivity (Wildman–Crippen MR) is 248 cm³/mol. The molecule has 0 amide bonds. The molecule has 3 nitrogen and oxygen atoms in total. The highest BCUT2D eigenvalue weighted by Crippen LogP contribution is 2.52. The first-order valence-electron chi connectivity index (χ1n) is 20.2. The Bertz CT molecular complexity index is 3370. The van der Waals surface area contributed by atoms with Gasteiger partial charge in [-0.2, -0.15) is 0 Å². The first kappa shape index (κ1) is 33.3. The fourth-order valence-electron chi connectivity index (χ4n) is 9.21. The zero-order valence-corrected chi connectivity index (χ0v) is 32.1. The van der Waals surface area contributed by atoms with E-state index in [1.54, 1.807) is 0 Å². The van der Waals surface area contributed by atoms with Gasteiger partial charge in [-0.1, -0.05) is 146 Å². The van der Waals surface area contributed by atoms with Gasteiger partial charge in [-0.05, 0) is 117 Å². The second kappa shape index (κ2) is 13.4. The van der Waals surface area contributed by atoms with Crippen LogP contribution in [-0.2, 0) is 0 Å². The van der Waals surface area contributed by atoms with Crippen molar-refractivity contribution in [3.05, 3.63) is 218 Å². The second-order valence-corrected chi connectivity index (χ2v) is 15.3. The van der Waals surface area contributed by atoms with Crippen molar-refractivity contribution < 1.29 is 4.42 Å². The number of anilines is 6. The van der Waals surface area contributed by atoms with Crippen LogP contribution in [0.25, 0.3) is 76.9 Å². The molecular weight excluding hydrogens is 717 g/mol. The lowest BCUT2D eigenvalue weighted by molar-refractivity contribution is 0.669. The number of para-hydroxylation sites is 2. The number of hydrogen-bond acceptors (Lipinski definition) is 3. The van der Waals surface area contributed by atoms with Gasteiger partial charge in [0.2, 0.25) is 0 Å². The maximum atomic E-state index is 6.27. The molecule has 2 heterocycles. The fourth-order valence-corrected chi connectivity index (χ4v) is 9.21. The van der Waals surface area contributed by atoms with Crippen LogP contribution >= 0.6 is 0 Å². The Morgan fingerprint density at radius 2 is 0.949 bits per heavy atom. The Hall–Kier alpha value is -7.88. The summed E-state index contributed by atoms with van der Waals surface area (Å²) < 4.78 is 6.27. The van der Waals surface area contributed by atoms with Crippen molar-refractivity contribution in [1.29, 1.82) is 0 Å². The van der Waals surface area contributed by atoms with Gasteiger partial charge in [0.25, 0.3) is 0 Å². The van der Waals surface area contributed by atoms with E-state index in [1.165, 1.54) is 49.5 Å². The van der Waals surface area contributed by atoms with Crippen LogP contribution < -0.4 is 9.80 Å². The SMILES string of the molecule is c1ccc(N2c3cc(N(c4ccc(-c5ccc6c(c5)oc5ccccc56)cc4)c4ccc(-c5cccc6ccccc56)cc4)ccc3-c3cccc4cccc2c34)cc1. The van der Waals surface area contributed by atoms with Crippen LogP contribution in [-0.4, -0.2) is 0 Å². The Balaban J connectivity index is 1.01. The van der Waals surface area contributed by atoms with Crippen molar-refractivity contribution in [2.24, 2.45) is 0 Å². The zero-order chi connectivity index (χ0) is 38.9. The number of rotatable bonds is 6. The molecule has 0 unspecified atom stereocenters. The maximum Gasteiger partial charge on any atom is 0.136 e. The fraction of sp³-hybridized carbons (Fsp3) is 0. The van der Waals surface area contributed by atoms with Crippen LogP contribution in [0.4, 0.5) is 34.1 Å². The topological polar surface area (TPSA) is 19.6 Å². The van der Waals surface area contributed by atoms with E-state index in [2.05, 4.69) is 216 Å². The monoisotopic (exact) mass is 752 g/mol. The maximum absolute atomic E-state index is 6.27. The smallest absolute Gasteiger partial charge is 0.136 e. The minimum absolute atomic E-state index is 0.898. The van der Waals surface area contributed by atoms with Crippen LogP contribution in [0.3, 0.4) is 0 Å². The van der Waals surface area contributed by atoms with Crippen molar-refractivity contribution in [3.8, 4) is 33.4 Å². The van der Waals surface area contributed by atoms with E-state index in [4.69, 9.17) is 4.42 Å². The summed E-state index contributed by atoms with van der Waals surface area (Å²) in [7, 11) is 0. The summed E-state index contributed by atoms with van der Waals surface area (Å²) in [5.41, 5.74) is 15.6. The van der Waals surface area contributed by atoms with Crippen LogP contribution in [0, 0.1) is 0 Å². The summed E-state index contributed by atoms with van der Waals surface area (Å²) in [6.07, 6.45) is 0. The van der Waals surface area contributed by atoms with Gasteiger partial charge >= 0.3 is 0 Å². The van der Waals surface area contributed by atoms with Crippen LogP contribution in [0.2, 0.25) is 0 Å². The molecule has 0 aliphatic carbocycles. The van der Waals surface area contributed by atoms with Crippen LogP contribution in [0.5, 0.6) is 0 Å². The van der Waals surface area contributed by atoms with Crippen molar-refractivity contribution in [2.45, 2.75) is 0 Å². The minimum atomic E-state index is 0.898. The van der Waals surface area contributed by atoms with Gasteiger partial charge in [-0.15, -0.1) is 0 Å². The van der Waals surface area contributed by atoms with Gasteiger partial charge < -0.3 is 14.2 Å². The van der Waals surface area contributed by atoms with Crippen molar-refractivity contribution >= 4 is 77.6 Å². The molecular formula is C56H36N2O. The molecule has 3 heteroatoms. The van der Waals surface area contributed by atoms with E-state index in [0.29, 0.717) is 0 Å². The minimum Gasteiger partial charge on any atom is -0.456 e. The summed E-state index contributed by atoms with van der Waals surface area (Å²) in [5, 5.41) is 7.28. The van der Waals surface area contributed by atoms with Gasteiger partial charge in [0.05, 0.1) is 11.4 Å². The highest BCUT2D eigenvalue weighted by Gasteiger charge is 2.27. The highest BCUT2D eigenvalue weighted by atomic mass is 16.3. The van der Waals surface area contributed by atoms with E-state index < -0.39 is 0 Å². The Labute approximate surface area is 342 Å². The molecule has 0 atom stereocenters. The number of hydrogen-bond donors (Lipinski definition) is 0. The molecule has 0 bridgehead atoms. The molecule has 1 aliphatic rings. The average Bonchev–Trinajstić information content (AvgIpc) is 3.68. The molecule has 12 rings (SSSR count). The lowest BCUT2D eigenvalue weighted by Crippen LogP contribution is -2.16. The van der Waals surface area contributed by atoms with Gasteiger partial charge in [0.1, 0.15) is 11.2 Å². The highest BCUT2D eigenvalue weighted by molar-refractivity contribution is 6.14. The molecule has 1 aromatic heterocycles. The van der Waals surface area contributed by atoms with Crippen LogP contribution in [0.1, 0.15) is 0 Å². The molecule has 1 aliphatic heterocycles. The third-order valence-corrected chi connectivity index (χ3v) is 12.0. The number of fused-ring (bicyclic) bond motifs is 6. The van der Waals surface area contributed by atoms with Gasteiger partial charge in [0.15, 0.2) is 0 Å². The van der Waals surface area contributed by atoms with Gasteiger partial charge in [0, 0.05) is 44.5 Å². The second-order valence-electron chi connectivity index (χ2n) is 15.3. The molecule has 276 valence electrons. The summed E-state index contributed by atoms with van der Waals surface area (Å²) in [5.74, 6) is 0. The molecule has 0 saturated carbocycles. The van der Waals surface area contributed by atoms with E-state index in [1.807, 2.05) is 12.1 Å². The van der Waals surface area contributed by atoms with E-state index >= 15 is 0 Å². The Kier molecular flexibility index (Phi) is 7.54. The number of nitrogens with zero attached hydrogens (tertiary/aromatic N) is 2. The molecule has 0 fully saturated rings. The number of benzene rings is 10. The third kappa shape index (κ3) is 5.44. The summed E-state index contributed by atoms with van der Waals surface area (Å²) in [6, 6.07) is 78.9. The van der Waals surface area contributed by atoms with Crippen LogP contribution in [0.15, 0.2) is 223 Å². The quantitative estimate of drug-likeness (QED) is 0.169. The molecule has 59 heavy (non-hydrogen) atoms. The van der Waals surface area contributed by atoms with E-state index in [9.17, 15) is 0 Å². The molecule has 11 aromatic rings. The Morgan fingerprint density at radius 1 is 0.339 bits per heavy atom. The van der Waals surface area contributed by atoms with Gasteiger partial charge in [-0.3, -0.25) is 0 Å². The summed E-state index contributed by atoms with van der Waals surface area (Å²) in [4.78, 5) is 4.80. The molecule has 0 saturated heterocycles. The summed E-state index contributed by atoms with van der Waals surface area (Å²) >= 11 is 0. The van der Waals surface area contributed by atoms with E-state index in [-0.39, 0.29) is 0 Å². The lowest BCUT2D eigenvalue weighted by atomic mass is 9.90. The van der Waals surface area contributed by atoms with E-state index in [0.717, 1.165) is 61.5 Å². The first-order chi connectivity index (χ1) is 29.2. The van der Waals surface area contributed by atoms with Crippen molar-refractivity contribution in [3.63, 3.8) is 0 Å². The largest absolute Gasteiger partial charge is 0.456 e. The standard InChI is InChI=1S/C56H36N2O/c1-2-15-42(16-3-1)58-52-21-10-14-40-13-9-20-51(56(40)52)48-34-32-45(36-53(48)58)57(44-30-25-39(26-31-44)47-19-8-12-38-11-4-5-17-46(38)47)43-28-23-37(24-29-43)41-27-33-50-49-18-6-7-22-54(49)59-55(50)35-41/h1-36H. The predicted octanol–water partition coefficient (Wildman–Crippen LogP) is 16.1. The average molecular weight is 753 g/mol. The lowest BCUT2D eigenvalue weighted by Gasteiger charge is -2.35. The molecule has 0 radical (unpaired) electrons. The number of furan rings is 1. The zero-order valence-electron chi connectivity index (χ0n) is 32.1. The molecule has 0 spiro atoms. The first-order valence-corrected chi connectivity index (χ1v) is 20.2. The molecule has 10 aromatic carbocycles. The van der Waals surface area contributed by atoms with Crippen molar-refractivity contribution in [2.75, 3.05) is 9.80 Å². The van der Waals surface area contributed by atoms with Gasteiger partial charge in [-0.25, -0.2) is 0 Å². The Morgan fingerprint density at radius 3 is 1.76 bits per heavy atom. The molecule has 0 N–H and O–H groups in total. The third-order valence-electron chi connectivity index (χ3n) is 12.0.